The summed E-state index contributed by atoms with van der Waals surface area (Å²) in [7, 11) is 0. The highest BCUT2D eigenvalue weighted by Crippen LogP contribution is 2.29. The SMILES string of the molecule is CCCC1CCC(Nc2ccc(C)nc2)CC1. The molecule has 0 aliphatic heterocycles. The van der Waals surface area contributed by atoms with Crippen LogP contribution in [0.1, 0.15) is 51.1 Å². The molecule has 2 heteroatoms. The lowest BCUT2D eigenvalue weighted by Gasteiger charge is -2.29. The smallest absolute Gasteiger partial charge is 0.0529 e. The van der Waals surface area contributed by atoms with E-state index in [1.165, 1.54) is 44.2 Å². The Morgan fingerprint density at radius 1 is 1.24 bits per heavy atom. The molecule has 1 N–H and O–H groups in total. The van der Waals surface area contributed by atoms with E-state index in [0.717, 1.165) is 11.6 Å². The Bertz CT molecular complexity index is 323. The van der Waals surface area contributed by atoms with Crippen LogP contribution in [0.3, 0.4) is 0 Å². The van der Waals surface area contributed by atoms with Gasteiger partial charge in [0, 0.05) is 11.7 Å². The molecule has 0 aromatic carbocycles. The number of pyridine rings is 1. The minimum absolute atomic E-state index is 0.660. The van der Waals surface area contributed by atoms with Crippen molar-refractivity contribution in [2.75, 3.05) is 5.32 Å². The maximum atomic E-state index is 4.33. The van der Waals surface area contributed by atoms with Gasteiger partial charge in [0.05, 0.1) is 11.9 Å². The summed E-state index contributed by atoms with van der Waals surface area (Å²) in [5.41, 5.74) is 2.26. The van der Waals surface area contributed by atoms with Crippen LogP contribution < -0.4 is 5.32 Å². The normalized spacial score (nSPS) is 24.6. The van der Waals surface area contributed by atoms with E-state index in [-0.39, 0.29) is 0 Å². The Hall–Kier alpha value is -1.05. The monoisotopic (exact) mass is 232 g/mol. The van der Waals surface area contributed by atoms with Crippen molar-refractivity contribution in [3.05, 3.63) is 24.0 Å². The molecular weight excluding hydrogens is 208 g/mol. The maximum Gasteiger partial charge on any atom is 0.0529 e. The molecule has 1 fully saturated rings. The van der Waals surface area contributed by atoms with E-state index in [9.17, 15) is 0 Å². The van der Waals surface area contributed by atoms with E-state index in [2.05, 4.69) is 29.4 Å². The van der Waals surface area contributed by atoms with Crippen molar-refractivity contribution in [3.8, 4) is 0 Å². The van der Waals surface area contributed by atoms with Crippen LogP contribution in [-0.4, -0.2) is 11.0 Å². The number of hydrogen-bond donors (Lipinski definition) is 1. The van der Waals surface area contributed by atoms with Gasteiger partial charge in [0.1, 0.15) is 0 Å². The highest BCUT2D eigenvalue weighted by Gasteiger charge is 2.20. The van der Waals surface area contributed by atoms with Crippen LogP contribution in [-0.2, 0) is 0 Å². The minimum Gasteiger partial charge on any atom is -0.381 e. The molecule has 0 unspecified atom stereocenters. The lowest BCUT2D eigenvalue weighted by atomic mass is 9.83. The number of nitrogens with one attached hydrogen (secondary N) is 1. The fourth-order valence-electron chi connectivity index (χ4n) is 2.79. The van der Waals surface area contributed by atoms with Gasteiger partial charge in [-0.25, -0.2) is 0 Å². The summed E-state index contributed by atoms with van der Waals surface area (Å²) in [5.74, 6) is 0.981. The second-order valence-electron chi connectivity index (χ2n) is 5.34. The molecule has 94 valence electrons. The van der Waals surface area contributed by atoms with Gasteiger partial charge in [0.25, 0.3) is 0 Å². The predicted octanol–water partition coefficient (Wildman–Crippen LogP) is 4.16. The summed E-state index contributed by atoms with van der Waals surface area (Å²) < 4.78 is 0. The quantitative estimate of drug-likeness (QED) is 0.843. The summed E-state index contributed by atoms with van der Waals surface area (Å²) in [6, 6.07) is 4.87. The molecule has 1 aromatic heterocycles. The standard InChI is InChI=1S/C15H24N2/c1-3-4-13-6-9-14(10-7-13)17-15-8-5-12(2)16-11-15/h5,8,11,13-14,17H,3-4,6-7,9-10H2,1-2H3. The first-order valence-corrected chi connectivity index (χ1v) is 6.97. The van der Waals surface area contributed by atoms with Crippen LogP contribution in [0.25, 0.3) is 0 Å². The van der Waals surface area contributed by atoms with Crippen LogP contribution in [0.15, 0.2) is 18.3 Å². The molecule has 1 aliphatic carbocycles. The Balaban J connectivity index is 1.79. The first kappa shape index (κ1) is 12.4. The van der Waals surface area contributed by atoms with Gasteiger partial charge in [0.2, 0.25) is 0 Å². The van der Waals surface area contributed by atoms with Crippen molar-refractivity contribution in [2.24, 2.45) is 5.92 Å². The molecule has 0 atom stereocenters. The highest BCUT2D eigenvalue weighted by molar-refractivity contribution is 5.41. The van der Waals surface area contributed by atoms with E-state index in [1.54, 1.807) is 0 Å². The van der Waals surface area contributed by atoms with Crippen LogP contribution in [0.5, 0.6) is 0 Å². The summed E-state index contributed by atoms with van der Waals surface area (Å²) in [5, 5.41) is 3.61. The summed E-state index contributed by atoms with van der Waals surface area (Å²) in [6.45, 7) is 4.32. The lowest BCUT2D eigenvalue weighted by Crippen LogP contribution is -2.26. The van der Waals surface area contributed by atoms with Gasteiger partial charge in [-0.15, -0.1) is 0 Å². The van der Waals surface area contributed by atoms with Gasteiger partial charge in [0.15, 0.2) is 0 Å². The minimum atomic E-state index is 0.660. The van der Waals surface area contributed by atoms with Crippen LogP contribution in [0.2, 0.25) is 0 Å². The van der Waals surface area contributed by atoms with Crippen LogP contribution >= 0.6 is 0 Å². The number of nitrogens with zero attached hydrogens (tertiary/aromatic N) is 1. The Morgan fingerprint density at radius 2 is 2.00 bits per heavy atom. The molecule has 0 amide bonds. The predicted molar refractivity (Wildman–Crippen MR) is 73.3 cm³/mol. The Kier molecular flexibility index (Phi) is 4.41. The van der Waals surface area contributed by atoms with Crippen molar-refractivity contribution in [1.29, 1.82) is 0 Å². The van der Waals surface area contributed by atoms with Gasteiger partial charge in [-0.1, -0.05) is 19.8 Å². The fourth-order valence-corrected chi connectivity index (χ4v) is 2.79. The third-order valence-electron chi connectivity index (χ3n) is 3.83. The molecule has 1 saturated carbocycles. The van der Waals surface area contributed by atoms with Crippen molar-refractivity contribution in [2.45, 2.75) is 58.4 Å². The number of rotatable bonds is 4. The third kappa shape index (κ3) is 3.72. The van der Waals surface area contributed by atoms with E-state index < -0.39 is 0 Å². The first-order valence-electron chi connectivity index (χ1n) is 6.97. The molecule has 0 bridgehead atoms. The number of aryl methyl sites for hydroxylation is 1. The van der Waals surface area contributed by atoms with Gasteiger partial charge in [-0.05, 0) is 50.7 Å². The average molecular weight is 232 g/mol. The molecule has 0 saturated heterocycles. The topological polar surface area (TPSA) is 24.9 Å². The molecule has 17 heavy (non-hydrogen) atoms. The maximum absolute atomic E-state index is 4.33. The van der Waals surface area contributed by atoms with Crippen LogP contribution in [0.4, 0.5) is 5.69 Å². The molecule has 1 aromatic rings. The highest BCUT2D eigenvalue weighted by atomic mass is 14.9. The Morgan fingerprint density at radius 3 is 2.59 bits per heavy atom. The van der Waals surface area contributed by atoms with E-state index in [1.807, 2.05) is 13.1 Å². The zero-order chi connectivity index (χ0) is 12.1. The molecular formula is C15H24N2. The Labute approximate surface area is 105 Å². The molecule has 1 aliphatic rings. The van der Waals surface area contributed by atoms with Gasteiger partial charge in [-0.2, -0.15) is 0 Å². The molecule has 0 radical (unpaired) electrons. The summed E-state index contributed by atoms with van der Waals surface area (Å²) in [6.07, 6.45) is 10.1. The first-order chi connectivity index (χ1) is 8.28. The molecule has 1 heterocycles. The average Bonchev–Trinajstić information content (AvgIpc) is 2.35. The van der Waals surface area contributed by atoms with Crippen molar-refractivity contribution >= 4 is 5.69 Å². The van der Waals surface area contributed by atoms with Crippen molar-refractivity contribution < 1.29 is 0 Å². The van der Waals surface area contributed by atoms with Crippen LogP contribution in [0, 0.1) is 12.8 Å². The number of hydrogen-bond acceptors (Lipinski definition) is 2. The van der Waals surface area contributed by atoms with Gasteiger partial charge >= 0.3 is 0 Å². The number of aromatic nitrogens is 1. The second kappa shape index (κ2) is 6.04. The van der Waals surface area contributed by atoms with E-state index in [4.69, 9.17) is 0 Å². The van der Waals surface area contributed by atoms with E-state index >= 15 is 0 Å². The molecule has 0 spiro atoms. The largest absolute Gasteiger partial charge is 0.381 e. The van der Waals surface area contributed by atoms with Gasteiger partial charge in [-0.3, -0.25) is 4.98 Å². The molecule has 2 nitrogen and oxygen atoms in total. The lowest BCUT2D eigenvalue weighted by molar-refractivity contribution is 0.319. The second-order valence-corrected chi connectivity index (χ2v) is 5.34. The zero-order valence-electron chi connectivity index (χ0n) is 11.1. The fraction of sp³-hybridized carbons (Fsp3) is 0.667. The molecule has 2 rings (SSSR count). The summed E-state index contributed by atoms with van der Waals surface area (Å²) >= 11 is 0. The van der Waals surface area contributed by atoms with Crippen molar-refractivity contribution in [3.63, 3.8) is 0 Å². The third-order valence-corrected chi connectivity index (χ3v) is 3.83. The van der Waals surface area contributed by atoms with Crippen molar-refractivity contribution in [1.82, 2.24) is 4.98 Å². The number of anilines is 1. The van der Waals surface area contributed by atoms with Gasteiger partial charge < -0.3 is 5.32 Å². The van der Waals surface area contributed by atoms with E-state index in [0.29, 0.717) is 6.04 Å². The summed E-state index contributed by atoms with van der Waals surface area (Å²) in [4.78, 5) is 4.33. The zero-order valence-corrected chi connectivity index (χ0v) is 11.1.